The number of hydrogen-bond donors (Lipinski definition) is 1. The summed E-state index contributed by atoms with van der Waals surface area (Å²) in [5.41, 5.74) is 2.56. The second kappa shape index (κ2) is 6.62. The van der Waals surface area contributed by atoms with Crippen molar-refractivity contribution in [3.05, 3.63) is 57.6 Å². The van der Waals surface area contributed by atoms with Crippen molar-refractivity contribution in [1.29, 1.82) is 0 Å². The Labute approximate surface area is 143 Å². The molecule has 1 N–H and O–H groups in total. The van der Waals surface area contributed by atoms with E-state index in [1.807, 2.05) is 43.3 Å². The molecule has 0 saturated carbocycles. The average Bonchev–Trinajstić information content (AvgIpc) is 2.55. The van der Waals surface area contributed by atoms with E-state index in [2.05, 4.69) is 21.2 Å². The van der Waals surface area contributed by atoms with Gasteiger partial charge in [0.05, 0.1) is 25.3 Å². The van der Waals surface area contributed by atoms with Crippen molar-refractivity contribution in [2.24, 2.45) is 0 Å². The molecule has 0 fully saturated rings. The maximum absolute atomic E-state index is 12.7. The first-order valence-electron chi connectivity index (χ1n) is 7.46. The molecule has 1 aliphatic rings. The number of carbonyl (C=O) groups is 1. The van der Waals surface area contributed by atoms with Gasteiger partial charge in [0.2, 0.25) is 0 Å². The van der Waals surface area contributed by atoms with Crippen LogP contribution in [0.4, 0.5) is 0 Å². The van der Waals surface area contributed by atoms with Crippen molar-refractivity contribution >= 4 is 21.8 Å². The van der Waals surface area contributed by atoms with E-state index in [9.17, 15) is 4.79 Å². The van der Waals surface area contributed by atoms with Crippen molar-refractivity contribution in [3.8, 4) is 11.5 Å². The molecule has 1 atom stereocenters. The van der Waals surface area contributed by atoms with Gasteiger partial charge in [-0.1, -0.05) is 27.6 Å². The largest absolute Gasteiger partial charge is 0.496 e. The van der Waals surface area contributed by atoms with E-state index >= 15 is 0 Å². The lowest BCUT2D eigenvalue weighted by molar-refractivity contribution is 0.0921. The molecule has 0 spiro atoms. The van der Waals surface area contributed by atoms with E-state index in [0.29, 0.717) is 17.9 Å². The zero-order valence-electron chi connectivity index (χ0n) is 13.1. The van der Waals surface area contributed by atoms with Crippen molar-refractivity contribution in [3.63, 3.8) is 0 Å². The number of amides is 1. The molecule has 23 heavy (non-hydrogen) atoms. The van der Waals surface area contributed by atoms with Gasteiger partial charge in [0.25, 0.3) is 5.91 Å². The highest BCUT2D eigenvalue weighted by molar-refractivity contribution is 9.10. The first-order valence-corrected chi connectivity index (χ1v) is 8.25. The molecule has 0 aromatic heterocycles. The number of hydrogen-bond acceptors (Lipinski definition) is 3. The molecule has 1 amide bonds. The second-order valence-electron chi connectivity index (χ2n) is 5.55. The number of nitrogens with one attached hydrogen (secondary N) is 1. The van der Waals surface area contributed by atoms with Crippen LogP contribution in [0.2, 0.25) is 0 Å². The highest BCUT2D eigenvalue weighted by Crippen LogP contribution is 2.34. The van der Waals surface area contributed by atoms with E-state index in [1.165, 1.54) is 0 Å². The van der Waals surface area contributed by atoms with Crippen LogP contribution in [0, 0.1) is 6.92 Å². The minimum Gasteiger partial charge on any atom is -0.496 e. The Kier molecular flexibility index (Phi) is 4.57. The van der Waals surface area contributed by atoms with Crippen LogP contribution in [0.25, 0.3) is 0 Å². The first-order chi connectivity index (χ1) is 11.1. The maximum atomic E-state index is 12.7. The molecule has 2 aromatic carbocycles. The molecule has 0 saturated heterocycles. The fourth-order valence-electron chi connectivity index (χ4n) is 2.75. The zero-order valence-corrected chi connectivity index (χ0v) is 14.6. The van der Waals surface area contributed by atoms with Gasteiger partial charge in [0, 0.05) is 16.5 Å². The van der Waals surface area contributed by atoms with Crippen LogP contribution in [-0.4, -0.2) is 19.6 Å². The first kappa shape index (κ1) is 15.9. The molecule has 1 heterocycles. The number of methoxy groups -OCH3 is 1. The minimum atomic E-state index is -0.136. The highest BCUT2D eigenvalue weighted by atomic mass is 79.9. The third-order valence-electron chi connectivity index (χ3n) is 3.92. The molecule has 1 aliphatic heterocycles. The summed E-state index contributed by atoms with van der Waals surface area (Å²) >= 11 is 3.47. The Bertz CT molecular complexity index is 745. The topological polar surface area (TPSA) is 47.6 Å². The van der Waals surface area contributed by atoms with E-state index in [4.69, 9.17) is 9.47 Å². The Hall–Kier alpha value is -2.01. The predicted molar refractivity (Wildman–Crippen MR) is 92.2 cm³/mol. The van der Waals surface area contributed by atoms with Crippen LogP contribution in [0.1, 0.15) is 33.9 Å². The molecule has 2 aromatic rings. The summed E-state index contributed by atoms with van der Waals surface area (Å²) in [6.07, 6.45) is 0.739. The maximum Gasteiger partial charge on any atom is 0.255 e. The fraction of sp³-hybridized carbons (Fsp3) is 0.278. The minimum absolute atomic E-state index is 0.0750. The van der Waals surface area contributed by atoms with E-state index in [0.717, 1.165) is 27.8 Å². The number of fused-ring (bicyclic) bond motifs is 1. The van der Waals surface area contributed by atoms with Crippen LogP contribution < -0.4 is 14.8 Å². The van der Waals surface area contributed by atoms with E-state index in [1.54, 1.807) is 7.11 Å². The molecular weight excluding hydrogens is 358 g/mol. The molecule has 0 aliphatic carbocycles. The lowest BCUT2D eigenvalue weighted by atomic mass is 10.00. The van der Waals surface area contributed by atoms with Gasteiger partial charge in [0.15, 0.2) is 0 Å². The molecule has 4 nitrogen and oxygen atoms in total. The Morgan fingerprint density at radius 1 is 1.30 bits per heavy atom. The lowest BCUT2D eigenvalue weighted by Crippen LogP contribution is -2.32. The summed E-state index contributed by atoms with van der Waals surface area (Å²) in [5.74, 6) is 1.26. The van der Waals surface area contributed by atoms with Crippen molar-refractivity contribution in [2.75, 3.05) is 13.7 Å². The van der Waals surface area contributed by atoms with Gasteiger partial charge in [-0.3, -0.25) is 4.79 Å². The lowest BCUT2D eigenvalue weighted by Gasteiger charge is -2.27. The summed E-state index contributed by atoms with van der Waals surface area (Å²) in [4.78, 5) is 12.7. The van der Waals surface area contributed by atoms with E-state index in [-0.39, 0.29) is 11.9 Å². The van der Waals surface area contributed by atoms with Crippen LogP contribution in [-0.2, 0) is 0 Å². The summed E-state index contributed by atoms with van der Waals surface area (Å²) in [6, 6.07) is 11.4. The Morgan fingerprint density at radius 3 is 2.91 bits per heavy atom. The van der Waals surface area contributed by atoms with Gasteiger partial charge in [-0.25, -0.2) is 0 Å². The number of ether oxygens (including phenoxy) is 2. The monoisotopic (exact) mass is 375 g/mol. The van der Waals surface area contributed by atoms with Gasteiger partial charge in [-0.15, -0.1) is 0 Å². The molecule has 0 bridgehead atoms. The van der Waals surface area contributed by atoms with Crippen LogP contribution >= 0.6 is 15.9 Å². The van der Waals surface area contributed by atoms with Gasteiger partial charge in [0.1, 0.15) is 11.5 Å². The summed E-state index contributed by atoms with van der Waals surface area (Å²) in [7, 11) is 1.57. The SMILES string of the molecule is COc1ccc(C)cc1C(=O)NC1CCOc2ccc(Br)cc21. The van der Waals surface area contributed by atoms with Crippen LogP contribution in [0.3, 0.4) is 0 Å². The van der Waals surface area contributed by atoms with Gasteiger partial charge < -0.3 is 14.8 Å². The fourth-order valence-corrected chi connectivity index (χ4v) is 3.13. The molecular formula is C18H18BrNO3. The van der Waals surface area contributed by atoms with Gasteiger partial charge in [-0.05, 0) is 37.3 Å². The van der Waals surface area contributed by atoms with Crippen molar-refractivity contribution in [1.82, 2.24) is 5.32 Å². The summed E-state index contributed by atoms with van der Waals surface area (Å²) in [5, 5.41) is 3.10. The molecule has 0 radical (unpaired) electrons. The Morgan fingerprint density at radius 2 is 2.13 bits per heavy atom. The van der Waals surface area contributed by atoms with Crippen LogP contribution in [0.5, 0.6) is 11.5 Å². The standard InChI is InChI=1S/C18H18BrNO3/c1-11-3-5-16(22-2)14(9-11)18(21)20-15-7-8-23-17-6-4-12(19)10-13(15)17/h3-6,9-10,15H,7-8H2,1-2H3,(H,20,21). The van der Waals surface area contributed by atoms with Crippen molar-refractivity contribution in [2.45, 2.75) is 19.4 Å². The quantitative estimate of drug-likeness (QED) is 0.880. The molecule has 5 heteroatoms. The summed E-state index contributed by atoms with van der Waals surface area (Å²) in [6.45, 7) is 2.54. The predicted octanol–water partition coefficient (Wildman–Crippen LogP) is 4.02. The second-order valence-corrected chi connectivity index (χ2v) is 6.46. The normalized spacial score (nSPS) is 16.2. The third-order valence-corrected chi connectivity index (χ3v) is 4.41. The average molecular weight is 376 g/mol. The molecule has 1 unspecified atom stereocenters. The third kappa shape index (κ3) is 3.34. The number of aryl methyl sites for hydroxylation is 1. The number of benzene rings is 2. The number of carbonyl (C=O) groups excluding carboxylic acids is 1. The van der Waals surface area contributed by atoms with Crippen molar-refractivity contribution < 1.29 is 14.3 Å². The number of halogens is 1. The Balaban J connectivity index is 1.87. The molecule has 120 valence electrons. The van der Waals surface area contributed by atoms with Crippen LogP contribution in [0.15, 0.2) is 40.9 Å². The smallest absolute Gasteiger partial charge is 0.255 e. The number of rotatable bonds is 3. The highest BCUT2D eigenvalue weighted by Gasteiger charge is 2.24. The zero-order chi connectivity index (χ0) is 16.4. The molecule has 3 rings (SSSR count). The van der Waals surface area contributed by atoms with E-state index < -0.39 is 0 Å². The van der Waals surface area contributed by atoms with Gasteiger partial charge >= 0.3 is 0 Å². The van der Waals surface area contributed by atoms with Gasteiger partial charge in [-0.2, -0.15) is 0 Å². The summed E-state index contributed by atoms with van der Waals surface area (Å²) < 4.78 is 11.9.